The van der Waals surface area contributed by atoms with E-state index in [1.54, 1.807) is 22.5 Å². The molecule has 1 N–H and O–H groups in total. The van der Waals surface area contributed by atoms with E-state index >= 15 is 0 Å². The summed E-state index contributed by atoms with van der Waals surface area (Å²) in [5.41, 5.74) is 2.62. The number of hydrogen-bond acceptors (Lipinski definition) is 11. The lowest BCUT2D eigenvalue weighted by Gasteiger charge is -2.60. The number of pyridine rings is 2. The zero-order valence-corrected chi connectivity index (χ0v) is 40.0. The average molecular weight is 906 g/mol. The number of unbranched alkanes of at least 4 members (excludes halogenated alkanes) is 3. The van der Waals surface area contributed by atoms with Crippen molar-refractivity contribution in [2.24, 2.45) is 34.5 Å². The highest BCUT2D eigenvalue weighted by atomic mass is 16.6. The second kappa shape index (κ2) is 17.7. The first-order chi connectivity index (χ1) is 31.7. The van der Waals surface area contributed by atoms with Crippen LogP contribution in [0.3, 0.4) is 0 Å². The molecule has 13 nitrogen and oxygen atoms in total. The van der Waals surface area contributed by atoms with Crippen LogP contribution in [-0.2, 0) is 44.4 Å². The quantitative estimate of drug-likeness (QED) is 0.110. The molecule has 4 aliphatic carbocycles. The van der Waals surface area contributed by atoms with Crippen molar-refractivity contribution in [3.8, 4) is 17.1 Å². The third-order valence-corrected chi connectivity index (χ3v) is 18.1. The fourth-order valence-electron chi connectivity index (χ4n) is 14.3. The first-order valence-electron chi connectivity index (χ1n) is 25.3. The van der Waals surface area contributed by atoms with Gasteiger partial charge in [0.2, 0.25) is 0 Å². The van der Waals surface area contributed by atoms with Crippen LogP contribution in [0.5, 0.6) is 5.75 Å². The topological polar surface area (TPSA) is 144 Å². The first-order valence-corrected chi connectivity index (χ1v) is 25.3. The van der Waals surface area contributed by atoms with Gasteiger partial charge in [-0.15, -0.1) is 0 Å². The van der Waals surface area contributed by atoms with Gasteiger partial charge in [-0.05, 0) is 144 Å². The second-order valence-corrected chi connectivity index (χ2v) is 21.9. The molecule has 5 heterocycles. The molecule has 2 aromatic heterocycles. The van der Waals surface area contributed by atoms with E-state index < -0.39 is 11.6 Å². The predicted molar refractivity (Wildman–Crippen MR) is 251 cm³/mol. The molecule has 3 aromatic rings. The van der Waals surface area contributed by atoms with Gasteiger partial charge in [-0.1, -0.05) is 33.6 Å². The maximum Gasteiger partial charge on any atom is 0.415 e. The Bertz CT molecular complexity index is 2460. The van der Waals surface area contributed by atoms with Crippen LogP contribution >= 0.6 is 0 Å². The molecule has 0 bridgehead atoms. The monoisotopic (exact) mass is 906 g/mol. The highest BCUT2D eigenvalue weighted by Gasteiger charge is 2.60. The highest BCUT2D eigenvalue weighted by molar-refractivity contribution is 5.90. The number of fused-ring (bicyclic) bond motifs is 10. The Balaban J connectivity index is 0.692. The minimum Gasteiger partial charge on any atom is -0.458 e. The van der Waals surface area contributed by atoms with Crippen molar-refractivity contribution in [1.82, 2.24) is 24.3 Å². The van der Waals surface area contributed by atoms with E-state index in [1.807, 2.05) is 37.2 Å². The van der Waals surface area contributed by atoms with Gasteiger partial charge < -0.3 is 33.7 Å². The van der Waals surface area contributed by atoms with E-state index in [0.29, 0.717) is 70.9 Å². The van der Waals surface area contributed by atoms with Crippen molar-refractivity contribution in [3.05, 3.63) is 56.9 Å². The van der Waals surface area contributed by atoms with Gasteiger partial charge >= 0.3 is 12.1 Å². The molecule has 356 valence electrons. The van der Waals surface area contributed by atoms with Gasteiger partial charge in [-0.3, -0.25) is 14.5 Å². The van der Waals surface area contributed by atoms with Crippen LogP contribution in [-0.4, -0.2) is 107 Å². The molecule has 1 aromatic carbocycles. The molecule has 66 heavy (non-hydrogen) atoms. The number of cyclic esters (lactones) is 1. The third-order valence-electron chi connectivity index (χ3n) is 18.1. The number of nitrogens with zero attached hydrogens (tertiary/aromatic N) is 5. The van der Waals surface area contributed by atoms with E-state index in [9.17, 15) is 24.3 Å². The van der Waals surface area contributed by atoms with Crippen LogP contribution < -0.4 is 10.3 Å². The smallest absolute Gasteiger partial charge is 0.415 e. The summed E-state index contributed by atoms with van der Waals surface area (Å²) in [6, 6.07) is 7.41. The lowest BCUT2D eigenvalue weighted by Crippen LogP contribution is -2.54. The van der Waals surface area contributed by atoms with Crippen LogP contribution in [0.2, 0.25) is 0 Å². The summed E-state index contributed by atoms with van der Waals surface area (Å²) in [5, 5.41) is 12.1. The van der Waals surface area contributed by atoms with Gasteiger partial charge in [0.05, 0.1) is 35.1 Å². The molecule has 0 spiro atoms. The van der Waals surface area contributed by atoms with Crippen LogP contribution in [0, 0.1) is 34.5 Å². The fourth-order valence-corrected chi connectivity index (χ4v) is 14.3. The number of rotatable bonds is 12. The van der Waals surface area contributed by atoms with Gasteiger partial charge in [-0.2, -0.15) is 0 Å². The number of hydrogen-bond donors (Lipinski definition) is 1. The fraction of sp³-hybridized carbons (Fsp3) is 0.679. The molecule has 10 rings (SSSR count). The van der Waals surface area contributed by atoms with E-state index in [2.05, 4.69) is 18.7 Å². The SMILES string of the molecule is CC[C@@]1(O)C(=O)OCc2c1cc1n(c2=O)Cc2cc3c(CN(C)C)c(OC(=O)N4CCN(CCCCCCO[C@H]5CC[C@H]6[C@@H]7CC[C@H]8CC(=O)CC[C@]8(C)[C@H]7CC[C@]56C)CC4)ccc3nc2-1. The average Bonchev–Trinajstić information content (AvgIpc) is 3.84. The summed E-state index contributed by atoms with van der Waals surface area (Å²) >= 11 is 0. The molecule has 0 radical (unpaired) electrons. The number of benzene rings is 1. The van der Waals surface area contributed by atoms with Crippen molar-refractivity contribution in [1.29, 1.82) is 0 Å². The Morgan fingerprint density at radius 3 is 2.52 bits per heavy atom. The lowest BCUT2D eigenvalue weighted by molar-refractivity contribution is -0.172. The predicted octanol–water partition coefficient (Wildman–Crippen LogP) is 7.82. The zero-order valence-electron chi connectivity index (χ0n) is 40.0. The van der Waals surface area contributed by atoms with E-state index in [0.717, 1.165) is 92.6 Å². The number of Topliss-reactive ketones (excluding diaryl/α,β-unsaturated/α-hetero) is 1. The molecule has 3 aliphatic heterocycles. The highest BCUT2D eigenvalue weighted by Crippen LogP contribution is 2.66. The number of esters is 1. The molecule has 8 atom stereocenters. The van der Waals surface area contributed by atoms with Crippen molar-refractivity contribution in [2.45, 2.75) is 142 Å². The normalized spacial score (nSPS) is 31.5. The molecule has 1 amide bonds. The number of aromatic nitrogens is 2. The first kappa shape index (κ1) is 45.6. The van der Waals surface area contributed by atoms with Crippen molar-refractivity contribution >= 4 is 28.7 Å². The van der Waals surface area contributed by atoms with Crippen LogP contribution in [0.4, 0.5) is 4.79 Å². The summed E-state index contributed by atoms with van der Waals surface area (Å²) in [6.45, 7) is 12.2. The Labute approximate surface area is 389 Å². The number of ether oxygens (including phenoxy) is 3. The molecule has 7 aliphatic rings. The van der Waals surface area contributed by atoms with Gasteiger partial charge in [-0.25, -0.2) is 14.6 Å². The van der Waals surface area contributed by atoms with Crippen molar-refractivity contribution in [3.63, 3.8) is 0 Å². The Morgan fingerprint density at radius 2 is 1.73 bits per heavy atom. The van der Waals surface area contributed by atoms with Gasteiger partial charge in [0.15, 0.2) is 5.60 Å². The summed E-state index contributed by atoms with van der Waals surface area (Å²) in [4.78, 5) is 63.7. The zero-order chi connectivity index (χ0) is 46.1. The molecule has 0 unspecified atom stereocenters. The van der Waals surface area contributed by atoms with Crippen LogP contribution in [0.25, 0.3) is 22.3 Å². The van der Waals surface area contributed by atoms with Gasteiger partial charge in [0, 0.05) is 74.2 Å². The molecule has 13 heteroatoms. The summed E-state index contributed by atoms with van der Waals surface area (Å²) in [5.74, 6) is 3.24. The number of amides is 1. The summed E-state index contributed by atoms with van der Waals surface area (Å²) < 4.78 is 19.8. The number of ketones is 1. The maximum atomic E-state index is 13.7. The van der Waals surface area contributed by atoms with E-state index in [4.69, 9.17) is 19.2 Å². The standard InChI is InChI=1S/C53H71N5O8/c1-6-53(63)42-29-44-47-33(30-58(44)48(60)39(42)32-65-49(53)61)27-37-38(31-55(4)5)45(15-14-43(37)54-47)66-50(62)57-24-22-56(23-25-57)21-9-7-8-10-26-64-46-16-13-40-36-12-11-34-28-35(59)17-19-51(34,2)41(36)18-20-52(40,46)3/h14-15,27,29,34,36,40-41,46,63H,6-13,16-26,28,30-32H2,1-5H3/t34-,36-,40-,41-,46-,51-,52-,53-/m0/s1. The van der Waals surface area contributed by atoms with Crippen molar-refractivity contribution in [2.75, 3.05) is 53.4 Å². The minimum absolute atomic E-state index is 0.0802. The lowest BCUT2D eigenvalue weighted by atomic mass is 9.45. The summed E-state index contributed by atoms with van der Waals surface area (Å²) in [7, 11) is 3.94. The van der Waals surface area contributed by atoms with Crippen LogP contribution in [0.15, 0.2) is 29.1 Å². The number of aliphatic hydroxyl groups is 1. The number of carbonyl (C=O) groups is 3. The van der Waals surface area contributed by atoms with Crippen LogP contribution in [0.1, 0.15) is 133 Å². The number of piperazine rings is 1. The Kier molecular flexibility index (Phi) is 12.2. The van der Waals surface area contributed by atoms with Crippen molar-refractivity contribution < 1.29 is 33.7 Å². The largest absolute Gasteiger partial charge is 0.458 e. The molecule has 5 fully saturated rings. The maximum absolute atomic E-state index is 13.7. The van der Waals surface area contributed by atoms with E-state index in [-0.39, 0.29) is 42.4 Å². The molecule has 4 saturated carbocycles. The summed E-state index contributed by atoms with van der Waals surface area (Å²) in [6.07, 6.45) is 15.2. The molecular weight excluding hydrogens is 835 g/mol. The van der Waals surface area contributed by atoms with E-state index in [1.165, 1.54) is 51.4 Å². The number of carbonyl (C=O) groups excluding carboxylic acids is 3. The van der Waals surface area contributed by atoms with Gasteiger partial charge in [0.1, 0.15) is 18.1 Å². The molecular formula is C53H71N5O8. The Morgan fingerprint density at radius 1 is 0.939 bits per heavy atom. The second-order valence-electron chi connectivity index (χ2n) is 21.9. The molecule has 1 saturated heterocycles. The minimum atomic E-state index is -1.89. The Hall–Kier alpha value is -4.17. The third kappa shape index (κ3) is 7.81. The van der Waals surface area contributed by atoms with Gasteiger partial charge in [0.25, 0.3) is 5.56 Å².